The van der Waals surface area contributed by atoms with E-state index in [0.717, 1.165) is 38.5 Å². The number of hydrazone groups is 2. The maximum Gasteiger partial charge on any atom is 0.186 e. The van der Waals surface area contributed by atoms with Gasteiger partial charge in [0, 0.05) is 39.3 Å². The number of hydrogen-bond acceptors (Lipinski definition) is 7. The normalized spacial score (nSPS) is 16.3. The molecule has 0 saturated carbocycles. The summed E-state index contributed by atoms with van der Waals surface area (Å²) in [6.45, 7) is 12.1. The zero-order chi connectivity index (χ0) is 21.9. The minimum absolute atomic E-state index is 0.433. The molecule has 0 amide bonds. The highest BCUT2D eigenvalue weighted by Gasteiger charge is 2.18. The Kier molecular flexibility index (Phi) is 10.1. The molecule has 0 spiro atoms. The lowest BCUT2D eigenvalue weighted by Crippen LogP contribution is -2.43. The van der Waals surface area contributed by atoms with Gasteiger partial charge in [-0.1, -0.05) is 0 Å². The van der Waals surface area contributed by atoms with Gasteiger partial charge in [0.2, 0.25) is 0 Å². The Labute approximate surface area is 189 Å². The fourth-order valence-corrected chi connectivity index (χ4v) is 3.21. The molecule has 2 rings (SSSR count). The van der Waals surface area contributed by atoms with Gasteiger partial charge >= 0.3 is 0 Å². The van der Waals surface area contributed by atoms with Gasteiger partial charge < -0.3 is 20.0 Å². The van der Waals surface area contributed by atoms with Gasteiger partial charge in [-0.3, -0.25) is 15.8 Å². The number of rotatable bonds is 8. The third-order valence-electron chi connectivity index (χ3n) is 4.48. The molecule has 0 atom stereocenters. The Morgan fingerprint density at radius 2 is 1.60 bits per heavy atom. The van der Waals surface area contributed by atoms with E-state index in [0.29, 0.717) is 40.5 Å². The fraction of sp³-hybridized carbons (Fsp3) is 0.579. The largest absolute Gasteiger partial charge is 0.458 e. The van der Waals surface area contributed by atoms with Crippen LogP contribution in [-0.4, -0.2) is 77.8 Å². The smallest absolute Gasteiger partial charge is 0.186 e. The number of nitrogens with zero attached hydrogens (tertiary/aromatic N) is 4. The summed E-state index contributed by atoms with van der Waals surface area (Å²) in [6, 6.07) is 3.89. The quantitative estimate of drug-likeness (QED) is 0.263. The van der Waals surface area contributed by atoms with Crippen molar-refractivity contribution in [3.63, 3.8) is 0 Å². The van der Waals surface area contributed by atoms with Crippen molar-refractivity contribution in [3.8, 4) is 0 Å². The second-order valence-corrected chi connectivity index (χ2v) is 7.76. The molecule has 1 aromatic heterocycles. The molecule has 0 unspecified atom stereocenters. The maximum atomic E-state index is 6.10. The van der Waals surface area contributed by atoms with E-state index >= 15 is 0 Å². The maximum absolute atomic E-state index is 6.10. The predicted octanol–water partition coefficient (Wildman–Crippen LogP) is 1.08. The van der Waals surface area contributed by atoms with Gasteiger partial charge in [0.15, 0.2) is 16.0 Å². The summed E-state index contributed by atoms with van der Waals surface area (Å²) in [7, 11) is 2.15. The minimum atomic E-state index is 0.433. The molecule has 1 fully saturated rings. The molecule has 1 aliphatic heterocycles. The highest BCUT2D eigenvalue weighted by molar-refractivity contribution is 7.80. The molecule has 1 aromatic rings. The Morgan fingerprint density at radius 3 is 2.20 bits per heavy atom. The predicted molar refractivity (Wildman–Crippen MR) is 130 cm³/mol. The Bertz CT molecular complexity index is 768. The number of thiocarbonyl (C=S) groups is 2. The van der Waals surface area contributed by atoms with Crippen LogP contribution < -0.4 is 21.5 Å². The van der Waals surface area contributed by atoms with Crippen molar-refractivity contribution in [3.05, 3.63) is 23.7 Å². The van der Waals surface area contributed by atoms with Gasteiger partial charge in [-0.05, 0) is 64.4 Å². The van der Waals surface area contributed by atoms with Crippen molar-refractivity contribution in [2.24, 2.45) is 10.2 Å². The van der Waals surface area contributed by atoms with Crippen LogP contribution in [0, 0.1) is 0 Å². The molecular formula is C19H32N8OS2. The van der Waals surface area contributed by atoms with E-state index in [-0.39, 0.29) is 0 Å². The second kappa shape index (κ2) is 12.6. The molecule has 2 heterocycles. The van der Waals surface area contributed by atoms with Crippen LogP contribution in [0.4, 0.5) is 0 Å². The Balaban J connectivity index is 2.14. The van der Waals surface area contributed by atoms with Crippen molar-refractivity contribution in [1.82, 2.24) is 31.3 Å². The molecule has 1 aliphatic rings. The van der Waals surface area contributed by atoms with Gasteiger partial charge in [0.25, 0.3) is 0 Å². The third-order valence-corrected chi connectivity index (χ3v) is 4.95. The van der Waals surface area contributed by atoms with Crippen LogP contribution in [-0.2, 0) is 6.54 Å². The van der Waals surface area contributed by atoms with E-state index in [1.54, 1.807) is 0 Å². The lowest BCUT2D eigenvalue weighted by Gasteiger charge is -2.31. The molecule has 9 nitrogen and oxygen atoms in total. The van der Waals surface area contributed by atoms with Crippen molar-refractivity contribution < 1.29 is 4.42 Å². The van der Waals surface area contributed by atoms with Crippen LogP contribution >= 0.6 is 24.4 Å². The number of piperazine rings is 1. The van der Waals surface area contributed by atoms with Crippen LogP contribution in [0.5, 0.6) is 0 Å². The first-order valence-electron chi connectivity index (χ1n) is 10.1. The van der Waals surface area contributed by atoms with E-state index in [2.05, 4.69) is 48.5 Å². The lowest BCUT2D eigenvalue weighted by atomic mass is 10.2. The summed E-state index contributed by atoms with van der Waals surface area (Å²) >= 11 is 10.4. The topological polar surface area (TPSA) is 92.5 Å². The fourth-order valence-electron chi connectivity index (χ4n) is 2.83. The summed E-state index contributed by atoms with van der Waals surface area (Å²) in [5.74, 6) is 1.50. The summed E-state index contributed by atoms with van der Waals surface area (Å²) < 4.78 is 6.10. The average Bonchev–Trinajstić information content (AvgIpc) is 3.17. The number of furan rings is 1. The molecule has 4 N–H and O–H groups in total. The van der Waals surface area contributed by atoms with E-state index < -0.39 is 0 Å². The molecule has 1 saturated heterocycles. The molecule has 0 bridgehead atoms. The monoisotopic (exact) mass is 452 g/mol. The van der Waals surface area contributed by atoms with Crippen molar-refractivity contribution in [1.29, 1.82) is 0 Å². The SMILES string of the molecule is CCNC(=S)N/N=C(C)/C(=N\NC(=S)NCC)c1ccc(CN2CCN(C)CC2)o1. The van der Waals surface area contributed by atoms with E-state index in [9.17, 15) is 0 Å². The van der Waals surface area contributed by atoms with Crippen molar-refractivity contribution in [2.75, 3.05) is 46.3 Å². The molecule has 30 heavy (non-hydrogen) atoms. The van der Waals surface area contributed by atoms with Gasteiger partial charge in [-0.15, -0.1) is 0 Å². The first-order valence-corrected chi connectivity index (χ1v) is 10.9. The average molecular weight is 453 g/mol. The molecule has 11 heteroatoms. The van der Waals surface area contributed by atoms with Crippen LogP contribution in [0.15, 0.2) is 26.8 Å². The standard InChI is InChI=1S/C19H32N8OS2/c1-5-20-18(29)24-22-14(3)17(23-25-19(30)21-6-2)16-8-7-15(28-16)13-27-11-9-26(4)10-12-27/h7-8H,5-6,9-13H2,1-4H3,(H2,20,24,29)(H2,21,25,30)/b22-14+,23-17+. The first kappa shape index (κ1) is 24.2. The highest BCUT2D eigenvalue weighted by Crippen LogP contribution is 2.14. The van der Waals surface area contributed by atoms with E-state index in [4.69, 9.17) is 28.9 Å². The van der Waals surface area contributed by atoms with Gasteiger partial charge in [-0.2, -0.15) is 10.2 Å². The molecule has 166 valence electrons. The second-order valence-electron chi connectivity index (χ2n) is 6.95. The zero-order valence-electron chi connectivity index (χ0n) is 18.1. The van der Waals surface area contributed by atoms with Crippen LogP contribution in [0.25, 0.3) is 0 Å². The number of nitrogens with one attached hydrogen (secondary N) is 4. The lowest BCUT2D eigenvalue weighted by molar-refractivity contribution is 0.140. The highest BCUT2D eigenvalue weighted by atomic mass is 32.1. The van der Waals surface area contributed by atoms with Crippen LogP contribution in [0.1, 0.15) is 32.3 Å². The van der Waals surface area contributed by atoms with Crippen molar-refractivity contribution >= 4 is 46.1 Å². The Morgan fingerprint density at radius 1 is 1.00 bits per heavy atom. The van der Waals surface area contributed by atoms with Crippen LogP contribution in [0.3, 0.4) is 0 Å². The van der Waals surface area contributed by atoms with Crippen LogP contribution in [0.2, 0.25) is 0 Å². The van der Waals surface area contributed by atoms with Gasteiger partial charge in [0.1, 0.15) is 11.5 Å². The molecular weight excluding hydrogens is 420 g/mol. The number of likely N-dealkylation sites (N-methyl/N-ethyl adjacent to an activating group) is 1. The van der Waals surface area contributed by atoms with Gasteiger partial charge in [-0.25, -0.2) is 0 Å². The number of hydrogen-bond donors (Lipinski definition) is 4. The van der Waals surface area contributed by atoms with Gasteiger partial charge in [0.05, 0.1) is 12.3 Å². The summed E-state index contributed by atoms with van der Waals surface area (Å²) in [5, 5.41) is 15.6. The summed E-state index contributed by atoms with van der Waals surface area (Å²) in [5.41, 5.74) is 6.83. The summed E-state index contributed by atoms with van der Waals surface area (Å²) in [6.07, 6.45) is 0. The zero-order valence-corrected chi connectivity index (χ0v) is 19.8. The minimum Gasteiger partial charge on any atom is -0.458 e. The molecule has 0 radical (unpaired) electrons. The van der Waals surface area contributed by atoms with E-state index in [1.165, 1.54) is 0 Å². The Hall–Kier alpha value is -2.08. The van der Waals surface area contributed by atoms with E-state index in [1.807, 2.05) is 32.9 Å². The summed E-state index contributed by atoms with van der Waals surface area (Å²) in [4.78, 5) is 4.72. The third kappa shape index (κ3) is 7.98. The molecule has 0 aromatic carbocycles. The first-order chi connectivity index (χ1) is 14.4. The van der Waals surface area contributed by atoms with Crippen molar-refractivity contribution in [2.45, 2.75) is 27.3 Å². The molecule has 0 aliphatic carbocycles.